The number of nitrogens with one attached hydrogen (secondary N) is 1. The number of carbonyl (C=O) groups excluding carboxylic acids is 1. The van der Waals surface area contributed by atoms with Gasteiger partial charge in [0.05, 0.1) is 0 Å². The van der Waals surface area contributed by atoms with Crippen LogP contribution in [0.1, 0.15) is 46.5 Å². The summed E-state index contributed by atoms with van der Waals surface area (Å²) in [6.45, 7) is 7.16. The second kappa shape index (κ2) is 4.52. The standard InChI is InChI=1S/C12H23NO2/c1-11(2,3)8-10(15)13-9-12(4-5-12)6-7-14/h14H,4-9H2,1-3H3,(H,13,15). The van der Waals surface area contributed by atoms with Crippen LogP contribution in [0.4, 0.5) is 0 Å². The largest absolute Gasteiger partial charge is 0.396 e. The maximum atomic E-state index is 11.6. The van der Waals surface area contributed by atoms with Crippen molar-refractivity contribution in [3.05, 3.63) is 0 Å². The fourth-order valence-corrected chi connectivity index (χ4v) is 1.76. The Bertz CT molecular complexity index is 226. The van der Waals surface area contributed by atoms with Gasteiger partial charge in [-0.3, -0.25) is 4.79 Å². The molecule has 0 unspecified atom stereocenters. The van der Waals surface area contributed by atoms with Crippen molar-refractivity contribution in [2.24, 2.45) is 10.8 Å². The van der Waals surface area contributed by atoms with Crippen molar-refractivity contribution in [3.8, 4) is 0 Å². The first-order valence-electron chi connectivity index (χ1n) is 5.75. The quantitative estimate of drug-likeness (QED) is 0.730. The molecular weight excluding hydrogens is 190 g/mol. The van der Waals surface area contributed by atoms with E-state index in [-0.39, 0.29) is 23.3 Å². The molecule has 0 atom stereocenters. The highest BCUT2D eigenvalue weighted by Crippen LogP contribution is 2.47. The summed E-state index contributed by atoms with van der Waals surface area (Å²) in [7, 11) is 0. The molecule has 0 heterocycles. The van der Waals surface area contributed by atoms with Gasteiger partial charge < -0.3 is 10.4 Å². The van der Waals surface area contributed by atoms with Gasteiger partial charge in [-0.1, -0.05) is 20.8 Å². The van der Waals surface area contributed by atoms with Crippen LogP contribution in [-0.4, -0.2) is 24.2 Å². The second-order valence-corrected chi connectivity index (χ2v) is 5.99. The first kappa shape index (κ1) is 12.5. The van der Waals surface area contributed by atoms with Crippen molar-refractivity contribution in [3.63, 3.8) is 0 Å². The van der Waals surface area contributed by atoms with Crippen LogP contribution in [0, 0.1) is 10.8 Å². The lowest BCUT2D eigenvalue weighted by molar-refractivity contribution is -0.123. The summed E-state index contributed by atoms with van der Waals surface area (Å²) >= 11 is 0. The van der Waals surface area contributed by atoms with E-state index in [1.807, 2.05) is 0 Å². The molecule has 0 radical (unpaired) electrons. The Balaban J connectivity index is 2.23. The molecule has 3 heteroatoms. The Morgan fingerprint density at radius 2 is 2.00 bits per heavy atom. The lowest BCUT2D eigenvalue weighted by Crippen LogP contribution is -2.33. The fourth-order valence-electron chi connectivity index (χ4n) is 1.76. The maximum absolute atomic E-state index is 11.6. The summed E-state index contributed by atoms with van der Waals surface area (Å²) in [6, 6.07) is 0. The van der Waals surface area contributed by atoms with Gasteiger partial charge in [0.2, 0.25) is 5.91 Å². The number of hydrogen-bond acceptors (Lipinski definition) is 2. The van der Waals surface area contributed by atoms with E-state index in [4.69, 9.17) is 5.11 Å². The molecule has 1 saturated carbocycles. The highest BCUT2D eigenvalue weighted by molar-refractivity contribution is 5.76. The van der Waals surface area contributed by atoms with Crippen molar-refractivity contribution in [2.45, 2.75) is 46.5 Å². The predicted octanol–water partition coefficient (Wildman–Crippen LogP) is 1.70. The van der Waals surface area contributed by atoms with E-state index < -0.39 is 0 Å². The molecule has 88 valence electrons. The average Bonchev–Trinajstić information content (AvgIpc) is 2.80. The highest BCUT2D eigenvalue weighted by atomic mass is 16.3. The number of aliphatic hydroxyl groups is 1. The summed E-state index contributed by atoms with van der Waals surface area (Å²) in [5.41, 5.74) is 0.278. The van der Waals surface area contributed by atoms with Gasteiger partial charge in [0.15, 0.2) is 0 Å². The van der Waals surface area contributed by atoms with Gasteiger partial charge >= 0.3 is 0 Å². The van der Waals surface area contributed by atoms with Gasteiger partial charge in [0, 0.05) is 19.6 Å². The van der Waals surface area contributed by atoms with Crippen LogP contribution in [0.2, 0.25) is 0 Å². The molecule has 0 aromatic carbocycles. The molecule has 1 aliphatic carbocycles. The van der Waals surface area contributed by atoms with E-state index >= 15 is 0 Å². The Hall–Kier alpha value is -0.570. The van der Waals surface area contributed by atoms with Gasteiger partial charge in [-0.25, -0.2) is 0 Å². The molecule has 0 saturated heterocycles. The van der Waals surface area contributed by atoms with Crippen LogP contribution < -0.4 is 5.32 Å². The van der Waals surface area contributed by atoms with E-state index in [0.29, 0.717) is 6.42 Å². The first-order chi connectivity index (χ1) is 6.87. The zero-order valence-electron chi connectivity index (χ0n) is 10.1. The summed E-state index contributed by atoms with van der Waals surface area (Å²) in [5, 5.41) is 11.9. The summed E-state index contributed by atoms with van der Waals surface area (Å²) in [6.07, 6.45) is 3.68. The molecular formula is C12H23NO2. The number of amides is 1. The average molecular weight is 213 g/mol. The molecule has 0 spiro atoms. The third-order valence-electron chi connectivity index (χ3n) is 2.95. The van der Waals surface area contributed by atoms with Crippen molar-refractivity contribution < 1.29 is 9.90 Å². The maximum Gasteiger partial charge on any atom is 0.220 e. The van der Waals surface area contributed by atoms with Gasteiger partial charge in [-0.05, 0) is 30.1 Å². The third-order valence-corrected chi connectivity index (χ3v) is 2.95. The van der Waals surface area contributed by atoms with Crippen molar-refractivity contribution in [1.29, 1.82) is 0 Å². The molecule has 1 aliphatic rings. The van der Waals surface area contributed by atoms with Crippen LogP contribution >= 0.6 is 0 Å². The smallest absolute Gasteiger partial charge is 0.220 e. The predicted molar refractivity (Wildman–Crippen MR) is 60.5 cm³/mol. The molecule has 0 bridgehead atoms. The minimum Gasteiger partial charge on any atom is -0.396 e. The SMILES string of the molecule is CC(C)(C)CC(=O)NCC1(CCO)CC1. The van der Waals surface area contributed by atoms with Crippen LogP contribution in [0.25, 0.3) is 0 Å². The van der Waals surface area contributed by atoms with E-state index in [1.54, 1.807) is 0 Å². The van der Waals surface area contributed by atoms with Crippen molar-refractivity contribution >= 4 is 5.91 Å². The van der Waals surface area contributed by atoms with E-state index in [9.17, 15) is 4.79 Å². The molecule has 1 amide bonds. The Kier molecular flexibility index (Phi) is 3.77. The van der Waals surface area contributed by atoms with E-state index in [0.717, 1.165) is 25.8 Å². The second-order valence-electron chi connectivity index (χ2n) is 5.99. The molecule has 1 rings (SSSR count). The molecule has 0 aromatic heterocycles. The normalized spacial score (nSPS) is 18.7. The zero-order valence-corrected chi connectivity index (χ0v) is 10.1. The van der Waals surface area contributed by atoms with Gasteiger partial charge in [0.1, 0.15) is 0 Å². The van der Waals surface area contributed by atoms with Crippen molar-refractivity contribution in [2.75, 3.05) is 13.2 Å². The summed E-state index contributed by atoms with van der Waals surface area (Å²) < 4.78 is 0. The van der Waals surface area contributed by atoms with Crippen LogP contribution in [0.3, 0.4) is 0 Å². The van der Waals surface area contributed by atoms with E-state index in [1.165, 1.54) is 0 Å². The van der Waals surface area contributed by atoms with Crippen LogP contribution in [-0.2, 0) is 4.79 Å². The van der Waals surface area contributed by atoms with Crippen molar-refractivity contribution in [1.82, 2.24) is 5.32 Å². The van der Waals surface area contributed by atoms with Crippen LogP contribution in [0.15, 0.2) is 0 Å². The van der Waals surface area contributed by atoms with E-state index in [2.05, 4.69) is 26.1 Å². The number of aliphatic hydroxyl groups excluding tert-OH is 1. The van der Waals surface area contributed by atoms with Gasteiger partial charge in [-0.15, -0.1) is 0 Å². The number of hydrogen-bond donors (Lipinski definition) is 2. The molecule has 0 aliphatic heterocycles. The topological polar surface area (TPSA) is 49.3 Å². The Morgan fingerprint density at radius 1 is 1.40 bits per heavy atom. The molecule has 2 N–H and O–H groups in total. The minimum atomic E-state index is 0.0533. The zero-order chi connectivity index (χ0) is 11.5. The lowest BCUT2D eigenvalue weighted by atomic mass is 9.92. The van der Waals surface area contributed by atoms with Gasteiger partial charge in [-0.2, -0.15) is 0 Å². The molecule has 1 fully saturated rings. The monoisotopic (exact) mass is 213 g/mol. The van der Waals surface area contributed by atoms with Gasteiger partial charge in [0.25, 0.3) is 0 Å². The lowest BCUT2D eigenvalue weighted by Gasteiger charge is -2.19. The molecule has 15 heavy (non-hydrogen) atoms. The minimum absolute atomic E-state index is 0.0533. The number of carbonyl (C=O) groups is 1. The third kappa shape index (κ3) is 4.65. The first-order valence-corrected chi connectivity index (χ1v) is 5.75. The molecule has 3 nitrogen and oxygen atoms in total. The number of rotatable bonds is 5. The Labute approximate surface area is 92.3 Å². The fraction of sp³-hybridized carbons (Fsp3) is 0.917. The Morgan fingerprint density at radius 3 is 2.40 bits per heavy atom. The summed E-state index contributed by atoms with van der Waals surface area (Å²) in [5.74, 6) is 0.131. The van der Waals surface area contributed by atoms with Crippen LogP contribution in [0.5, 0.6) is 0 Å². The summed E-state index contributed by atoms with van der Waals surface area (Å²) in [4.78, 5) is 11.6. The molecule has 0 aromatic rings. The highest BCUT2D eigenvalue weighted by Gasteiger charge is 2.41.